The maximum absolute atomic E-state index is 12.9. The minimum atomic E-state index is -0.353. The van der Waals surface area contributed by atoms with E-state index >= 15 is 0 Å². The van der Waals surface area contributed by atoms with Gasteiger partial charge in [-0.25, -0.2) is 4.39 Å². The average molecular weight is 214 g/mol. The van der Waals surface area contributed by atoms with Gasteiger partial charge >= 0.3 is 0 Å². The SMILES string of the molecule is C[C@@H](NC1CC1)c1ccc(F)c(Cl)c1. The molecule has 1 aromatic rings. The molecule has 3 heteroatoms. The van der Waals surface area contributed by atoms with E-state index in [0.29, 0.717) is 6.04 Å². The lowest BCUT2D eigenvalue weighted by Gasteiger charge is -2.13. The Balaban J connectivity index is 2.10. The molecular weight excluding hydrogens is 201 g/mol. The van der Waals surface area contributed by atoms with Gasteiger partial charge in [0.05, 0.1) is 5.02 Å². The topological polar surface area (TPSA) is 12.0 Å². The number of halogens is 2. The van der Waals surface area contributed by atoms with Gasteiger partial charge in [-0.3, -0.25) is 0 Å². The lowest BCUT2D eigenvalue weighted by Crippen LogP contribution is -2.20. The third kappa shape index (κ3) is 2.25. The van der Waals surface area contributed by atoms with Crippen LogP contribution in [-0.2, 0) is 0 Å². The van der Waals surface area contributed by atoms with Crippen molar-refractivity contribution in [1.29, 1.82) is 0 Å². The molecule has 0 heterocycles. The van der Waals surface area contributed by atoms with Gasteiger partial charge in [-0.15, -0.1) is 0 Å². The summed E-state index contributed by atoms with van der Waals surface area (Å²) in [5.74, 6) is -0.353. The molecule has 1 atom stereocenters. The molecule has 1 saturated carbocycles. The molecule has 1 N–H and O–H groups in total. The van der Waals surface area contributed by atoms with Crippen molar-refractivity contribution in [2.24, 2.45) is 0 Å². The largest absolute Gasteiger partial charge is 0.307 e. The van der Waals surface area contributed by atoms with E-state index in [-0.39, 0.29) is 16.9 Å². The highest BCUT2D eigenvalue weighted by Gasteiger charge is 2.23. The molecule has 0 aliphatic heterocycles. The van der Waals surface area contributed by atoms with Crippen molar-refractivity contribution in [2.75, 3.05) is 0 Å². The molecule has 2 rings (SSSR count). The molecule has 1 aliphatic rings. The van der Waals surface area contributed by atoms with E-state index in [1.807, 2.05) is 0 Å². The van der Waals surface area contributed by atoms with Crippen LogP contribution >= 0.6 is 11.6 Å². The quantitative estimate of drug-likeness (QED) is 0.813. The molecule has 14 heavy (non-hydrogen) atoms. The third-order valence-electron chi connectivity index (χ3n) is 2.51. The highest BCUT2D eigenvalue weighted by atomic mass is 35.5. The summed E-state index contributed by atoms with van der Waals surface area (Å²) in [6.45, 7) is 2.07. The minimum absolute atomic E-state index is 0.201. The van der Waals surface area contributed by atoms with E-state index in [1.165, 1.54) is 18.9 Å². The summed E-state index contributed by atoms with van der Waals surface area (Å²) in [5.41, 5.74) is 1.04. The number of benzene rings is 1. The van der Waals surface area contributed by atoms with E-state index in [1.54, 1.807) is 12.1 Å². The molecule has 0 aromatic heterocycles. The van der Waals surface area contributed by atoms with Crippen molar-refractivity contribution in [3.8, 4) is 0 Å². The Morgan fingerprint density at radius 2 is 2.21 bits per heavy atom. The fourth-order valence-electron chi connectivity index (χ4n) is 1.48. The first-order valence-electron chi connectivity index (χ1n) is 4.88. The lowest BCUT2D eigenvalue weighted by molar-refractivity contribution is 0.568. The zero-order valence-electron chi connectivity index (χ0n) is 8.06. The summed E-state index contributed by atoms with van der Waals surface area (Å²) in [6.07, 6.45) is 2.50. The summed E-state index contributed by atoms with van der Waals surface area (Å²) in [5, 5.41) is 3.64. The van der Waals surface area contributed by atoms with Crippen LogP contribution in [0.4, 0.5) is 4.39 Å². The van der Waals surface area contributed by atoms with E-state index < -0.39 is 0 Å². The first-order valence-corrected chi connectivity index (χ1v) is 5.25. The van der Waals surface area contributed by atoms with Gasteiger partial charge in [0, 0.05) is 12.1 Å². The number of hydrogen-bond acceptors (Lipinski definition) is 1. The Kier molecular flexibility index (Phi) is 2.75. The average Bonchev–Trinajstić information content (AvgIpc) is 2.93. The lowest BCUT2D eigenvalue weighted by atomic mass is 10.1. The van der Waals surface area contributed by atoms with Crippen LogP contribution in [-0.4, -0.2) is 6.04 Å². The van der Waals surface area contributed by atoms with Crippen LogP contribution in [0.2, 0.25) is 5.02 Å². The highest BCUT2D eigenvalue weighted by molar-refractivity contribution is 6.30. The fraction of sp³-hybridized carbons (Fsp3) is 0.455. The zero-order valence-corrected chi connectivity index (χ0v) is 8.81. The second kappa shape index (κ2) is 3.87. The number of hydrogen-bond donors (Lipinski definition) is 1. The molecule has 0 spiro atoms. The van der Waals surface area contributed by atoms with Crippen LogP contribution in [0.25, 0.3) is 0 Å². The Hall–Kier alpha value is -0.600. The molecule has 76 valence electrons. The van der Waals surface area contributed by atoms with E-state index in [4.69, 9.17) is 11.6 Å². The summed E-state index contributed by atoms with van der Waals surface area (Å²) in [7, 11) is 0. The van der Waals surface area contributed by atoms with Gasteiger partial charge in [-0.2, -0.15) is 0 Å². The van der Waals surface area contributed by atoms with Crippen molar-refractivity contribution in [2.45, 2.75) is 31.8 Å². The molecule has 1 aliphatic carbocycles. The Bertz CT molecular complexity index is 336. The first kappa shape index (κ1) is 9.94. The molecule has 1 nitrogen and oxygen atoms in total. The van der Waals surface area contributed by atoms with E-state index in [9.17, 15) is 4.39 Å². The molecule has 0 unspecified atom stereocenters. The van der Waals surface area contributed by atoms with Crippen molar-refractivity contribution in [1.82, 2.24) is 5.32 Å². The maximum Gasteiger partial charge on any atom is 0.141 e. The monoisotopic (exact) mass is 213 g/mol. The normalized spacial score (nSPS) is 18.2. The van der Waals surface area contributed by atoms with Crippen LogP contribution in [0.15, 0.2) is 18.2 Å². The molecule has 0 radical (unpaired) electrons. The van der Waals surface area contributed by atoms with Gasteiger partial charge in [0.1, 0.15) is 5.82 Å². The van der Waals surface area contributed by atoms with Crippen molar-refractivity contribution >= 4 is 11.6 Å². The van der Waals surface area contributed by atoms with Gasteiger partial charge in [0.25, 0.3) is 0 Å². The Morgan fingerprint density at radius 1 is 1.50 bits per heavy atom. The second-order valence-corrected chi connectivity index (χ2v) is 4.24. The molecule has 0 saturated heterocycles. The maximum atomic E-state index is 12.9. The van der Waals surface area contributed by atoms with Crippen molar-refractivity contribution < 1.29 is 4.39 Å². The number of nitrogens with one attached hydrogen (secondary N) is 1. The fourth-order valence-corrected chi connectivity index (χ4v) is 1.67. The van der Waals surface area contributed by atoms with Crippen LogP contribution in [0, 0.1) is 5.82 Å². The smallest absolute Gasteiger partial charge is 0.141 e. The van der Waals surface area contributed by atoms with Crippen LogP contribution in [0.5, 0.6) is 0 Å². The van der Waals surface area contributed by atoms with Gasteiger partial charge in [-0.1, -0.05) is 17.7 Å². The molecule has 0 bridgehead atoms. The Labute approximate surface area is 88.3 Å². The van der Waals surface area contributed by atoms with Crippen molar-refractivity contribution in [3.63, 3.8) is 0 Å². The third-order valence-corrected chi connectivity index (χ3v) is 2.80. The van der Waals surface area contributed by atoms with Crippen molar-refractivity contribution in [3.05, 3.63) is 34.6 Å². The summed E-state index contributed by atoms with van der Waals surface area (Å²) in [6, 6.07) is 5.79. The number of rotatable bonds is 3. The van der Waals surface area contributed by atoms with Crippen LogP contribution < -0.4 is 5.32 Å². The predicted molar refractivity (Wildman–Crippen MR) is 56.0 cm³/mol. The molecule has 1 fully saturated rings. The molecular formula is C11H13ClFN. The second-order valence-electron chi connectivity index (χ2n) is 3.84. The minimum Gasteiger partial charge on any atom is -0.307 e. The Morgan fingerprint density at radius 3 is 2.79 bits per heavy atom. The van der Waals surface area contributed by atoms with E-state index in [2.05, 4.69) is 12.2 Å². The standard InChI is InChI=1S/C11H13ClFN/c1-7(14-9-3-4-9)8-2-5-11(13)10(12)6-8/h2,5-7,9,14H,3-4H2,1H3/t7-/m1/s1. The van der Waals surface area contributed by atoms with Gasteiger partial charge in [0.15, 0.2) is 0 Å². The van der Waals surface area contributed by atoms with Crippen LogP contribution in [0.3, 0.4) is 0 Å². The van der Waals surface area contributed by atoms with E-state index in [0.717, 1.165) is 5.56 Å². The molecule has 0 amide bonds. The van der Waals surface area contributed by atoms with Gasteiger partial charge < -0.3 is 5.32 Å². The van der Waals surface area contributed by atoms with Gasteiger partial charge in [0.2, 0.25) is 0 Å². The predicted octanol–water partition coefficient (Wildman–Crippen LogP) is 3.29. The summed E-state index contributed by atoms with van der Waals surface area (Å²) >= 11 is 5.71. The van der Waals surface area contributed by atoms with Crippen LogP contribution in [0.1, 0.15) is 31.4 Å². The zero-order chi connectivity index (χ0) is 10.1. The summed E-state index contributed by atoms with van der Waals surface area (Å²) < 4.78 is 12.9. The highest BCUT2D eigenvalue weighted by Crippen LogP contribution is 2.25. The van der Waals surface area contributed by atoms with Gasteiger partial charge in [-0.05, 0) is 37.5 Å². The summed E-state index contributed by atoms with van der Waals surface area (Å²) in [4.78, 5) is 0. The molecule has 1 aromatic carbocycles. The first-order chi connectivity index (χ1) is 6.66.